The summed E-state index contributed by atoms with van der Waals surface area (Å²) in [5, 5.41) is 7.24. The van der Waals surface area contributed by atoms with Gasteiger partial charge in [0.05, 0.1) is 47.4 Å². The number of halogens is 7. The number of alkyl carbamates (subject to hydrolysis) is 1. The summed E-state index contributed by atoms with van der Waals surface area (Å²) < 4.78 is 89.1. The molecule has 2 amide bonds. The van der Waals surface area contributed by atoms with Crippen LogP contribution in [0.15, 0.2) is 78.9 Å². The molecule has 3 aromatic carbocycles. The second-order valence-corrected chi connectivity index (χ2v) is 17.3. The Bertz CT molecular complexity index is 1460. The van der Waals surface area contributed by atoms with Crippen LogP contribution in [0.5, 0.6) is 0 Å². The quantitative estimate of drug-likeness (QED) is 0.198. The van der Waals surface area contributed by atoms with E-state index < -0.39 is 60.4 Å². The predicted molar refractivity (Wildman–Crippen MR) is 179 cm³/mol. The number of carbonyl (C=O) groups excluding carboxylic acids is 2. The molecule has 0 saturated carbocycles. The molecule has 0 radical (unpaired) electrons. The van der Waals surface area contributed by atoms with Gasteiger partial charge in [0.15, 0.2) is 0 Å². The molecule has 0 aliphatic rings. The first-order valence-electron chi connectivity index (χ1n) is 15.7. The van der Waals surface area contributed by atoms with Crippen molar-refractivity contribution in [3.8, 4) is 0 Å². The molecule has 0 spiro atoms. The van der Waals surface area contributed by atoms with E-state index in [1.54, 1.807) is 71.0 Å². The van der Waals surface area contributed by atoms with Gasteiger partial charge in [-0.25, -0.2) is 4.79 Å². The molecule has 1 unspecified atom stereocenters. The Morgan fingerprint density at radius 1 is 0.714 bits per heavy atom. The van der Waals surface area contributed by atoms with Gasteiger partial charge in [-0.2, -0.15) is 26.3 Å². The number of ether oxygens (including phenoxy) is 1. The topological polar surface area (TPSA) is 67.4 Å². The summed E-state index contributed by atoms with van der Waals surface area (Å²) in [4.78, 5) is 26.4. The van der Waals surface area contributed by atoms with Gasteiger partial charge in [-0.1, -0.05) is 64.1 Å². The first-order chi connectivity index (χ1) is 22.1. The highest BCUT2D eigenvalue weighted by molar-refractivity contribution is 7.88. The third-order valence-corrected chi connectivity index (χ3v) is 12.4. The second kappa shape index (κ2) is 16.7. The molecule has 0 aliphatic heterocycles. The van der Waals surface area contributed by atoms with Gasteiger partial charge >= 0.3 is 18.4 Å². The Morgan fingerprint density at radius 3 is 1.53 bits per heavy atom. The van der Waals surface area contributed by atoms with E-state index >= 15 is 0 Å². The number of amides is 2. The van der Waals surface area contributed by atoms with Crippen molar-refractivity contribution in [2.24, 2.45) is 11.8 Å². The third-order valence-electron chi connectivity index (χ3n) is 7.86. The Morgan fingerprint density at radius 2 is 1.16 bits per heavy atom. The van der Waals surface area contributed by atoms with Gasteiger partial charge in [-0.15, -0.1) is 0 Å². The monoisotopic (exact) mass is 776 g/mol. The molecule has 49 heavy (non-hydrogen) atoms. The maximum atomic E-state index is 14.0. The highest BCUT2D eigenvalue weighted by Crippen LogP contribution is 2.60. The van der Waals surface area contributed by atoms with Crippen molar-refractivity contribution < 1.29 is 57.6 Å². The minimum atomic E-state index is -5.00. The van der Waals surface area contributed by atoms with E-state index in [0.717, 1.165) is 22.7 Å². The highest BCUT2D eigenvalue weighted by atomic mass is 79.9. The first kappa shape index (κ1) is 42.1. The normalized spacial score (nSPS) is 13.8. The number of nitrogens with one attached hydrogen (secondary N) is 2. The lowest BCUT2D eigenvalue weighted by Crippen LogP contribution is -3.00. The van der Waals surface area contributed by atoms with Crippen molar-refractivity contribution in [3.63, 3.8) is 0 Å². The van der Waals surface area contributed by atoms with Gasteiger partial charge in [-0.05, 0) is 80.6 Å². The fourth-order valence-corrected chi connectivity index (χ4v) is 10.1. The van der Waals surface area contributed by atoms with Gasteiger partial charge in [-0.3, -0.25) is 4.79 Å². The molecule has 2 N–H and O–H groups in total. The number of alkyl halides is 6. The molecule has 0 fully saturated rings. The Labute approximate surface area is 295 Å². The second-order valence-electron chi connectivity index (χ2n) is 13.6. The molecule has 5 nitrogen and oxygen atoms in total. The zero-order valence-corrected chi connectivity index (χ0v) is 31.0. The highest BCUT2D eigenvalue weighted by Gasteiger charge is 2.47. The lowest BCUT2D eigenvalue weighted by Gasteiger charge is -2.34. The van der Waals surface area contributed by atoms with Crippen LogP contribution in [0.4, 0.5) is 31.1 Å². The lowest BCUT2D eigenvalue weighted by molar-refractivity contribution is -0.143. The van der Waals surface area contributed by atoms with Crippen LogP contribution in [0.2, 0.25) is 0 Å². The van der Waals surface area contributed by atoms with E-state index in [4.69, 9.17) is 4.74 Å². The number of carbonyl (C=O) groups is 2. The summed E-state index contributed by atoms with van der Waals surface area (Å²) in [7, 11) is -2.90. The van der Waals surface area contributed by atoms with Crippen LogP contribution in [-0.4, -0.2) is 35.8 Å². The van der Waals surface area contributed by atoms with E-state index in [-0.39, 0.29) is 52.8 Å². The Balaban J connectivity index is 0.00000833. The van der Waals surface area contributed by atoms with Crippen LogP contribution in [0.25, 0.3) is 0 Å². The number of hydrogen-bond donors (Lipinski definition) is 2. The largest absolute Gasteiger partial charge is 1.00 e. The van der Waals surface area contributed by atoms with Crippen molar-refractivity contribution in [1.29, 1.82) is 0 Å². The van der Waals surface area contributed by atoms with Gasteiger partial charge in [0.25, 0.3) is 0 Å². The number of hydrogen-bond acceptors (Lipinski definition) is 3. The molecular formula is C36H44BrF6N2O3P. The summed E-state index contributed by atoms with van der Waals surface area (Å²) in [6.07, 6.45) is -10.7. The Hall–Kier alpha value is -3.11. The summed E-state index contributed by atoms with van der Waals surface area (Å²) in [6, 6.07) is 18.2. The number of benzene rings is 3. The van der Waals surface area contributed by atoms with Gasteiger partial charge in [0.1, 0.15) is 11.6 Å². The van der Waals surface area contributed by atoms with E-state index in [9.17, 15) is 35.9 Å². The van der Waals surface area contributed by atoms with E-state index in [1.165, 1.54) is 0 Å². The van der Waals surface area contributed by atoms with Crippen molar-refractivity contribution in [3.05, 3.63) is 95.6 Å². The zero-order chi connectivity index (χ0) is 36.1. The van der Waals surface area contributed by atoms with Crippen molar-refractivity contribution in [1.82, 2.24) is 10.6 Å². The van der Waals surface area contributed by atoms with Crippen LogP contribution in [-0.2, 0) is 28.0 Å². The van der Waals surface area contributed by atoms with Crippen LogP contribution in [0, 0.1) is 11.8 Å². The van der Waals surface area contributed by atoms with Crippen molar-refractivity contribution in [2.45, 2.75) is 84.7 Å². The molecule has 0 saturated heterocycles. The maximum Gasteiger partial charge on any atom is 0.416 e. The predicted octanol–water partition coefficient (Wildman–Crippen LogP) is 5.59. The van der Waals surface area contributed by atoms with Crippen LogP contribution >= 0.6 is 7.26 Å². The van der Waals surface area contributed by atoms with Gasteiger partial charge in [0.2, 0.25) is 5.91 Å². The molecule has 0 heterocycles. The molecule has 3 aromatic rings. The van der Waals surface area contributed by atoms with E-state index in [2.05, 4.69) is 10.6 Å². The smallest absolute Gasteiger partial charge is 0.416 e. The zero-order valence-electron chi connectivity index (χ0n) is 28.5. The van der Waals surface area contributed by atoms with E-state index in [1.807, 2.05) is 38.1 Å². The molecule has 270 valence electrons. The van der Waals surface area contributed by atoms with Crippen LogP contribution in [0.1, 0.15) is 65.2 Å². The maximum absolute atomic E-state index is 14.0. The van der Waals surface area contributed by atoms with E-state index in [0.29, 0.717) is 0 Å². The fraction of sp³-hybridized carbons (Fsp3) is 0.444. The van der Waals surface area contributed by atoms with Crippen molar-refractivity contribution >= 4 is 29.9 Å². The molecule has 2 atom stereocenters. The molecule has 3 rings (SSSR count). The summed E-state index contributed by atoms with van der Waals surface area (Å²) >= 11 is 0. The van der Waals surface area contributed by atoms with Crippen molar-refractivity contribution in [2.75, 3.05) is 6.16 Å². The van der Waals surface area contributed by atoms with Crippen LogP contribution in [0.3, 0.4) is 0 Å². The lowest BCUT2D eigenvalue weighted by atomic mass is 10.0. The molecule has 13 heteroatoms. The molecule has 0 bridgehead atoms. The van der Waals surface area contributed by atoms with Crippen LogP contribution < -0.4 is 38.2 Å². The fourth-order valence-electron chi connectivity index (χ4n) is 5.46. The van der Waals surface area contributed by atoms with Gasteiger partial charge < -0.3 is 32.4 Å². The minimum absolute atomic E-state index is 0. The molecule has 0 aliphatic carbocycles. The standard InChI is InChI=1S/C36H43F6N2O3P.BrH/c1-23(2)30(43-32(45)31(24(3)4)44-33(46)47-34(5,6)7)22-48(28-14-10-8-11-15-28,29-16-12-9-13-17-29)21-25-18-26(35(37,38)39)20-27(19-25)36(40,41)42;/h8-20,23-24,30-31H,21-22H2,1-7H3,(H-,43,44,45,46);1H/t30-,31?;/m1./s1. The summed E-state index contributed by atoms with van der Waals surface area (Å²) in [5.74, 6) is -1.02. The third kappa shape index (κ3) is 11.7. The average molecular weight is 778 g/mol. The molecule has 0 aromatic heterocycles. The first-order valence-corrected chi connectivity index (χ1v) is 17.8. The molecular weight excluding hydrogens is 733 g/mol. The average Bonchev–Trinajstić information content (AvgIpc) is 2.97. The minimum Gasteiger partial charge on any atom is -1.00 e. The Kier molecular flexibility index (Phi) is 14.4. The SMILES string of the molecule is CC(C)C(NC(=O)OC(C)(C)C)C(=O)N[C@H](C[P+](Cc1cc(C(F)(F)F)cc(C(F)(F)F)c1)(c1ccccc1)c1ccccc1)C(C)C.[Br-]. The summed E-state index contributed by atoms with van der Waals surface area (Å²) in [5.41, 5.74) is -3.67. The summed E-state index contributed by atoms with van der Waals surface area (Å²) in [6.45, 7) is 12.4. The number of rotatable bonds is 11. The van der Waals surface area contributed by atoms with Gasteiger partial charge in [0, 0.05) is 0 Å².